The maximum Gasteiger partial charge on any atom is 0.0615 e. The van der Waals surface area contributed by atoms with Crippen molar-refractivity contribution in [1.29, 1.82) is 0 Å². The Bertz CT molecular complexity index is 166. The van der Waals surface area contributed by atoms with Gasteiger partial charge in [-0.1, -0.05) is 20.3 Å². The highest BCUT2D eigenvalue weighted by Gasteiger charge is 2.28. The average molecular weight is 231 g/mol. The van der Waals surface area contributed by atoms with E-state index in [1.54, 1.807) is 7.11 Å². The lowest BCUT2D eigenvalue weighted by Crippen LogP contribution is -2.43. The molecule has 2 nitrogen and oxygen atoms in total. The average Bonchev–Trinajstić information content (AvgIpc) is 2.66. The standard InChI is InChI=1S/C12H25NOS/c1-4-10(9-14-3)13-11-7-6-8-12(11)15-5-2/h10-13H,4-9H2,1-3H3. The maximum atomic E-state index is 5.23. The van der Waals surface area contributed by atoms with E-state index in [4.69, 9.17) is 4.74 Å². The number of methoxy groups -OCH3 is 1. The third-order valence-electron chi connectivity index (χ3n) is 3.14. The Labute approximate surface area is 98.5 Å². The minimum atomic E-state index is 0.540. The van der Waals surface area contributed by atoms with Gasteiger partial charge in [-0.25, -0.2) is 0 Å². The second kappa shape index (κ2) is 7.53. The SMILES string of the molecule is CCSC1CCCC1NC(CC)COC. The van der Waals surface area contributed by atoms with Crippen molar-refractivity contribution >= 4 is 11.8 Å². The van der Waals surface area contributed by atoms with Crippen molar-refractivity contribution in [3.8, 4) is 0 Å². The summed E-state index contributed by atoms with van der Waals surface area (Å²) in [6, 6.07) is 1.26. The second-order valence-electron chi connectivity index (χ2n) is 4.26. The molecule has 15 heavy (non-hydrogen) atoms. The fourth-order valence-corrected chi connectivity index (χ4v) is 3.53. The highest BCUT2D eigenvalue weighted by molar-refractivity contribution is 7.99. The molecule has 0 radical (unpaired) electrons. The molecule has 3 heteroatoms. The Morgan fingerprint density at radius 3 is 2.80 bits per heavy atom. The van der Waals surface area contributed by atoms with Crippen LogP contribution in [0.3, 0.4) is 0 Å². The molecule has 0 bridgehead atoms. The summed E-state index contributed by atoms with van der Waals surface area (Å²) < 4.78 is 5.23. The third kappa shape index (κ3) is 4.33. The highest BCUT2D eigenvalue weighted by atomic mass is 32.2. The molecule has 3 unspecified atom stereocenters. The molecule has 0 aromatic heterocycles. The molecular formula is C12H25NOS. The number of hydrogen-bond donors (Lipinski definition) is 1. The van der Waals surface area contributed by atoms with Gasteiger partial charge in [0.2, 0.25) is 0 Å². The summed E-state index contributed by atoms with van der Waals surface area (Å²) in [5.74, 6) is 1.24. The predicted octanol–water partition coefficient (Wildman–Crippen LogP) is 2.68. The van der Waals surface area contributed by atoms with Gasteiger partial charge in [0.1, 0.15) is 0 Å². The van der Waals surface area contributed by atoms with E-state index in [0.29, 0.717) is 6.04 Å². The first kappa shape index (κ1) is 13.3. The van der Waals surface area contributed by atoms with Gasteiger partial charge in [-0.3, -0.25) is 0 Å². The number of thioether (sulfide) groups is 1. The van der Waals surface area contributed by atoms with Crippen LogP contribution < -0.4 is 5.32 Å². The minimum absolute atomic E-state index is 0.540. The first-order valence-corrected chi connectivity index (χ1v) is 7.23. The van der Waals surface area contributed by atoms with E-state index < -0.39 is 0 Å². The van der Waals surface area contributed by atoms with Crippen molar-refractivity contribution in [1.82, 2.24) is 5.32 Å². The number of nitrogens with one attached hydrogen (secondary N) is 1. The smallest absolute Gasteiger partial charge is 0.0615 e. The van der Waals surface area contributed by atoms with E-state index in [1.165, 1.54) is 25.0 Å². The van der Waals surface area contributed by atoms with E-state index in [2.05, 4.69) is 30.9 Å². The lowest BCUT2D eigenvalue weighted by molar-refractivity contribution is 0.159. The summed E-state index contributed by atoms with van der Waals surface area (Å²) >= 11 is 2.11. The summed E-state index contributed by atoms with van der Waals surface area (Å²) in [6.45, 7) is 5.33. The van der Waals surface area contributed by atoms with Gasteiger partial charge in [0.25, 0.3) is 0 Å². The molecule has 1 rings (SSSR count). The second-order valence-corrected chi connectivity index (χ2v) is 5.77. The lowest BCUT2D eigenvalue weighted by atomic mass is 10.1. The van der Waals surface area contributed by atoms with Crippen molar-refractivity contribution in [2.45, 2.75) is 56.9 Å². The van der Waals surface area contributed by atoms with Gasteiger partial charge >= 0.3 is 0 Å². The predicted molar refractivity (Wildman–Crippen MR) is 68.6 cm³/mol. The van der Waals surface area contributed by atoms with E-state index in [0.717, 1.165) is 24.3 Å². The molecule has 0 aromatic rings. The zero-order chi connectivity index (χ0) is 11.1. The van der Waals surface area contributed by atoms with Gasteiger partial charge in [0, 0.05) is 24.4 Å². The van der Waals surface area contributed by atoms with E-state index >= 15 is 0 Å². The van der Waals surface area contributed by atoms with Crippen molar-refractivity contribution in [2.24, 2.45) is 0 Å². The van der Waals surface area contributed by atoms with E-state index in [-0.39, 0.29) is 0 Å². The third-order valence-corrected chi connectivity index (χ3v) is 4.47. The molecule has 1 aliphatic rings. The maximum absolute atomic E-state index is 5.23. The molecule has 90 valence electrons. The fraction of sp³-hybridized carbons (Fsp3) is 1.00. The summed E-state index contributed by atoms with van der Waals surface area (Å²) in [6.07, 6.45) is 5.28. The first-order valence-electron chi connectivity index (χ1n) is 6.18. The largest absolute Gasteiger partial charge is 0.383 e. The van der Waals surface area contributed by atoms with Gasteiger partial charge in [0.05, 0.1) is 6.61 Å². The van der Waals surface area contributed by atoms with Gasteiger partial charge in [-0.05, 0) is 25.0 Å². The molecule has 0 amide bonds. The Hall–Kier alpha value is 0.270. The monoisotopic (exact) mass is 231 g/mol. The Morgan fingerprint density at radius 2 is 2.20 bits per heavy atom. The van der Waals surface area contributed by atoms with Crippen LogP contribution in [0.4, 0.5) is 0 Å². The molecule has 3 atom stereocenters. The number of ether oxygens (including phenoxy) is 1. The van der Waals surface area contributed by atoms with Crippen molar-refractivity contribution in [3.63, 3.8) is 0 Å². The Balaban J connectivity index is 2.34. The van der Waals surface area contributed by atoms with Crippen LogP contribution in [0, 0.1) is 0 Å². The van der Waals surface area contributed by atoms with Crippen LogP contribution in [0.1, 0.15) is 39.5 Å². The van der Waals surface area contributed by atoms with E-state index in [9.17, 15) is 0 Å². The first-order chi connectivity index (χ1) is 7.31. The molecule has 1 saturated carbocycles. The highest BCUT2D eigenvalue weighted by Crippen LogP contribution is 2.30. The van der Waals surface area contributed by atoms with Crippen molar-refractivity contribution in [2.75, 3.05) is 19.5 Å². The van der Waals surface area contributed by atoms with Crippen LogP contribution >= 0.6 is 11.8 Å². The molecule has 1 aliphatic carbocycles. The quantitative estimate of drug-likeness (QED) is 0.728. The molecule has 0 heterocycles. The van der Waals surface area contributed by atoms with E-state index in [1.807, 2.05) is 0 Å². The van der Waals surface area contributed by atoms with Crippen molar-refractivity contribution < 1.29 is 4.74 Å². The summed E-state index contributed by atoms with van der Waals surface area (Å²) in [5.41, 5.74) is 0. The van der Waals surface area contributed by atoms with Gasteiger partial charge in [0.15, 0.2) is 0 Å². The zero-order valence-electron chi connectivity index (χ0n) is 10.3. The number of rotatable bonds is 7. The molecule has 0 saturated heterocycles. The van der Waals surface area contributed by atoms with Crippen LogP contribution in [-0.2, 0) is 4.74 Å². The Kier molecular flexibility index (Phi) is 6.69. The van der Waals surface area contributed by atoms with Crippen LogP contribution in [-0.4, -0.2) is 36.8 Å². The molecule has 0 aliphatic heterocycles. The summed E-state index contributed by atoms with van der Waals surface area (Å²) in [4.78, 5) is 0. The van der Waals surface area contributed by atoms with Crippen molar-refractivity contribution in [3.05, 3.63) is 0 Å². The summed E-state index contributed by atoms with van der Waals surface area (Å²) in [7, 11) is 1.79. The van der Waals surface area contributed by atoms with Crippen LogP contribution in [0.2, 0.25) is 0 Å². The summed E-state index contributed by atoms with van der Waals surface area (Å²) in [5, 5.41) is 4.59. The Morgan fingerprint density at radius 1 is 1.40 bits per heavy atom. The van der Waals surface area contributed by atoms with Gasteiger partial charge in [-0.15, -0.1) is 0 Å². The molecular weight excluding hydrogens is 206 g/mol. The molecule has 0 spiro atoms. The minimum Gasteiger partial charge on any atom is -0.383 e. The van der Waals surface area contributed by atoms with Crippen LogP contribution in [0.25, 0.3) is 0 Å². The molecule has 0 aromatic carbocycles. The van der Waals surface area contributed by atoms with Gasteiger partial charge in [-0.2, -0.15) is 11.8 Å². The lowest BCUT2D eigenvalue weighted by Gasteiger charge is -2.25. The van der Waals surface area contributed by atoms with Crippen LogP contribution in [0.15, 0.2) is 0 Å². The normalized spacial score (nSPS) is 28.2. The molecule has 1 fully saturated rings. The zero-order valence-corrected chi connectivity index (χ0v) is 11.1. The fourth-order valence-electron chi connectivity index (χ4n) is 2.32. The molecule has 1 N–H and O–H groups in total. The van der Waals surface area contributed by atoms with Gasteiger partial charge < -0.3 is 10.1 Å². The topological polar surface area (TPSA) is 21.3 Å². The van der Waals surface area contributed by atoms with Crippen LogP contribution in [0.5, 0.6) is 0 Å². The number of hydrogen-bond acceptors (Lipinski definition) is 3.